The van der Waals surface area contributed by atoms with Crippen molar-refractivity contribution >= 4 is 0 Å². The van der Waals surface area contributed by atoms with Crippen molar-refractivity contribution in [2.24, 2.45) is 5.92 Å². The van der Waals surface area contributed by atoms with Gasteiger partial charge in [-0.25, -0.2) is 0 Å². The quantitative estimate of drug-likeness (QED) is 0.304. The molecule has 0 heterocycles. The third kappa shape index (κ3) is 4.95. The zero-order valence-corrected chi connectivity index (χ0v) is 17.8. The van der Waals surface area contributed by atoms with Crippen LogP contribution >= 0.6 is 0 Å². The van der Waals surface area contributed by atoms with E-state index in [1.165, 1.54) is 13.8 Å². The Morgan fingerprint density at radius 1 is 0.611 bits per heavy atom. The third-order valence-electron chi connectivity index (χ3n) is 5.04. The maximum absolute atomic E-state index is 14.3. The van der Waals surface area contributed by atoms with Crippen molar-refractivity contribution in [3.63, 3.8) is 0 Å². The molecule has 1 unspecified atom stereocenters. The lowest BCUT2D eigenvalue weighted by Crippen LogP contribution is -2.70. The molecule has 17 heteroatoms. The van der Waals surface area contributed by atoms with Crippen LogP contribution in [0.5, 0.6) is 0 Å². The van der Waals surface area contributed by atoms with Gasteiger partial charge in [-0.3, -0.25) is 0 Å². The van der Waals surface area contributed by atoms with Gasteiger partial charge in [-0.2, -0.15) is 70.2 Å². The van der Waals surface area contributed by atoms with E-state index in [0.717, 1.165) is 12.1 Å². The lowest BCUT2D eigenvalue weighted by molar-refractivity contribution is -0.443. The summed E-state index contributed by atoms with van der Waals surface area (Å²) in [5, 5.41) is 10.1. The number of benzene rings is 1. The Labute approximate surface area is 192 Å². The number of alkyl halides is 16. The molecule has 1 N–H and O–H groups in total. The van der Waals surface area contributed by atoms with Crippen molar-refractivity contribution in [1.82, 2.24) is 0 Å². The SMILES string of the molecule is CC(C)Cc1ccccc1C(O)(CC(F)(F)C(F)(F)C(F)(F)C(F)(F)C(F)(F)C(F)(F)F)C(F)(F)F. The minimum Gasteiger partial charge on any atom is -0.376 e. The van der Waals surface area contributed by atoms with E-state index in [2.05, 4.69) is 0 Å². The Bertz CT molecular complexity index is 915. The highest BCUT2D eigenvalue weighted by molar-refractivity contribution is 5.35. The first-order chi connectivity index (χ1) is 15.6. The summed E-state index contributed by atoms with van der Waals surface area (Å²) in [6, 6.07) is 2.77. The van der Waals surface area contributed by atoms with Gasteiger partial charge in [0, 0.05) is 0 Å². The molecule has 0 bridgehead atoms. The van der Waals surface area contributed by atoms with Crippen LogP contribution in [0.15, 0.2) is 24.3 Å². The van der Waals surface area contributed by atoms with Gasteiger partial charge >= 0.3 is 42.0 Å². The average Bonchev–Trinajstić information content (AvgIpc) is 2.65. The molecule has 0 spiro atoms. The van der Waals surface area contributed by atoms with Gasteiger partial charge in [0.2, 0.25) is 0 Å². The minimum atomic E-state index is -8.27. The summed E-state index contributed by atoms with van der Waals surface area (Å²) in [5.74, 6) is -40.2. The van der Waals surface area contributed by atoms with E-state index in [1.807, 2.05) is 0 Å². The van der Waals surface area contributed by atoms with E-state index in [0.29, 0.717) is 6.07 Å². The van der Waals surface area contributed by atoms with Crippen molar-refractivity contribution in [2.75, 3.05) is 0 Å². The van der Waals surface area contributed by atoms with E-state index in [9.17, 15) is 75.4 Å². The van der Waals surface area contributed by atoms with Gasteiger partial charge in [0.15, 0.2) is 5.60 Å². The first-order valence-corrected chi connectivity index (χ1v) is 9.45. The molecule has 1 atom stereocenters. The summed E-state index contributed by atoms with van der Waals surface area (Å²) in [7, 11) is 0. The van der Waals surface area contributed by atoms with E-state index in [1.54, 1.807) is 0 Å². The van der Waals surface area contributed by atoms with Crippen LogP contribution in [0.3, 0.4) is 0 Å². The number of aliphatic hydroxyl groups is 1. The maximum Gasteiger partial charge on any atom is 0.460 e. The molecule has 1 aromatic carbocycles. The Balaban J connectivity index is 3.76. The number of hydrogen-bond acceptors (Lipinski definition) is 1. The smallest absolute Gasteiger partial charge is 0.376 e. The molecule has 0 saturated carbocycles. The average molecular weight is 564 g/mol. The minimum absolute atomic E-state index is 0.282. The normalized spacial score (nSPS) is 16.9. The van der Waals surface area contributed by atoms with Crippen LogP contribution in [0.2, 0.25) is 0 Å². The van der Waals surface area contributed by atoms with Gasteiger partial charge in [0.05, 0.1) is 6.42 Å². The highest BCUT2D eigenvalue weighted by Gasteiger charge is 2.91. The Morgan fingerprint density at radius 3 is 1.42 bits per heavy atom. The number of hydrogen-bond donors (Lipinski definition) is 1. The molecule has 0 aliphatic heterocycles. The number of rotatable bonds is 9. The third-order valence-corrected chi connectivity index (χ3v) is 5.04. The summed E-state index contributed by atoms with van der Waals surface area (Å²) in [6.07, 6.45) is -18.3. The molecule has 1 aromatic rings. The first-order valence-electron chi connectivity index (χ1n) is 9.45. The summed E-state index contributed by atoms with van der Waals surface area (Å²) >= 11 is 0. The molecule has 0 fully saturated rings. The molecule has 0 aliphatic carbocycles. The second-order valence-electron chi connectivity index (χ2n) is 8.29. The van der Waals surface area contributed by atoms with E-state index in [4.69, 9.17) is 0 Å². The highest BCUT2D eigenvalue weighted by atomic mass is 19.4. The van der Waals surface area contributed by atoms with Gasteiger partial charge < -0.3 is 5.11 Å². The van der Waals surface area contributed by atoms with E-state index < -0.39 is 77.5 Å². The summed E-state index contributed by atoms with van der Waals surface area (Å²) < 4.78 is 214. The van der Waals surface area contributed by atoms with Gasteiger partial charge in [0.1, 0.15) is 0 Å². The second kappa shape index (κ2) is 9.11. The summed E-state index contributed by atoms with van der Waals surface area (Å²) in [4.78, 5) is 0. The fourth-order valence-corrected chi connectivity index (χ4v) is 3.12. The molecule has 36 heavy (non-hydrogen) atoms. The molecule has 0 amide bonds. The van der Waals surface area contributed by atoms with Gasteiger partial charge in [-0.05, 0) is 23.5 Å². The van der Waals surface area contributed by atoms with Gasteiger partial charge in [0.25, 0.3) is 0 Å². The molecule has 0 radical (unpaired) electrons. The maximum atomic E-state index is 14.3. The molecule has 0 aliphatic rings. The lowest BCUT2D eigenvalue weighted by Gasteiger charge is -2.42. The molecular formula is C19H16F16O. The monoisotopic (exact) mass is 564 g/mol. The van der Waals surface area contributed by atoms with Gasteiger partial charge in [-0.1, -0.05) is 38.1 Å². The Morgan fingerprint density at radius 2 is 1.03 bits per heavy atom. The van der Waals surface area contributed by atoms with Crippen molar-refractivity contribution in [2.45, 2.75) is 74.3 Å². The molecule has 1 nitrogen and oxygen atoms in total. The fraction of sp³-hybridized carbons (Fsp3) is 0.684. The van der Waals surface area contributed by atoms with Crippen LogP contribution in [0.4, 0.5) is 70.2 Å². The van der Waals surface area contributed by atoms with Crippen LogP contribution in [-0.4, -0.2) is 47.1 Å². The predicted octanol–water partition coefficient (Wildman–Crippen LogP) is 7.76. The molecule has 1 rings (SSSR count). The zero-order valence-electron chi connectivity index (χ0n) is 17.8. The fourth-order valence-electron chi connectivity index (χ4n) is 3.12. The molecule has 0 aromatic heterocycles. The number of halogens is 16. The predicted molar refractivity (Wildman–Crippen MR) is 90.3 cm³/mol. The topological polar surface area (TPSA) is 20.2 Å². The van der Waals surface area contributed by atoms with Crippen LogP contribution in [-0.2, 0) is 12.0 Å². The van der Waals surface area contributed by atoms with Crippen LogP contribution in [0.1, 0.15) is 31.4 Å². The standard InChI is InChI=1S/C19H16F16O/c1-9(2)7-10-5-3-4-6-11(10)12(36,18(30,31)32)8-13(20,21)14(22,23)15(24,25)16(26,27)17(28,29)19(33,34)35/h3-6,9,36H,7-8H2,1-2H3. The second-order valence-corrected chi connectivity index (χ2v) is 8.29. The molecular weight excluding hydrogens is 548 g/mol. The van der Waals surface area contributed by atoms with Crippen LogP contribution in [0, 0.1) is 5.92 Å². The highest BCUT2D eigenvalue weighted by Crippen LogP contribution is 2.62. The van der Waals surface area contributed by atoms with E-state index in [-0.39, 0.29) is 6.07 Å². The van der Waals surface area contributed by atoms with Crippen LogP contribution < -0.4 is 0 Å². The van der Waals surface area contributed by atoms with Crippen LogP contribution in [0.25, 0.3) is 0 Å². The van der Waals surface area contributed by atoms with Crippen molar-refractivity contribution in [3.8, 4) is 0 Å². The Kier molecular flexibility index (Phi) is 8.12. The zero-order chi connectivity index (χ0) is 29.0. The van der Waals surface area contributed by atoms with E-state index >= 15 is 0 Å². The summed E-state index contributed by atoms with van der Waals surface area (Å²) in [5.41, 5.74) is -7.37. The lowest BCUT2D eigenvalue weighted by atomic mass is 9.79. The van der Waals surface area contributed by atoms with Crippen molar-refractivity contribution in [1.29, 1.82) is 0 Å². The van der Waals surface area contributed by atoms with Crippen molar-refractivity contribution in [3.05, 3.63) is 35.4 Å². The molecule has 0 saturated heterocycles. The van der Waals surface area contributed by atoms with Gasteiger partial charge in [-0.15, -0.1) is 0 Å². The molecule has 210 valence electrons. The Hall–Kier alpha value is -1.94. The summed E-state index contributed by atoms with van der Waals surface area (Å²) in [6.45, 7) is 2.74. The van der Waals surface area contributed by atoms with Crippen molar-refractivity contribution < 1.29 is 75.4 Å². The first kappa shape index (κ1) is 32.1. The largest absolute Gasteiger partial charge is 0.460 e.